The third-order valence-corrected chi connectivity index (χ3v) is 14.4. The van der Waals surface area contributed by atoms with Gasteiger partial charge in [0, 0.05) is 5.54 Å². The molecule has 0 heterocycles. The van der Waals surface area contributed by atoms with Crippen LogP contribution >= 0.6 is 0 Å². The van der Waals surface area contributed by atoms with E-state index in [4.69, 9.17) is 5.73 Å². The van der Waals surface area contributed by atoms with Crippen molar-refractivity contribution in [2.24, 2.45) is 57.0 Å². The van der Waals surface area contributed by atoms with E-state index in [0.717, 1.165) is 29.6 Å². The molecule has 0 spiro atoms. The molecule has 6 aliphatic carbocycles. The van der Waals surface area contributed by atoms with E-state index in [9.17, 15) is 0 Å². The van der Waals surface area contributed by atoms with Crippen LogP contribution in [0.3, 0.4) is 0 Å². The summed E-state index contributed by atoms with van der Waals surface area (Å²) >= 11 is 0. The second-order valence-electron chi connectivity index (χ2n) is 16.5. The number of nitrogens with two attached hydrogens (primary N) is 1. The standard InChI is InChI=1S/C33H57N.C3H6/c1-29(2)17-9-18-30(3)25(29)14-20-31(4)26(30)16-23-33(34)27(31)15-22-32(19-8-12-28(32)33)21-13-24-10-6-5-7-11-24;1-3-2/h24-28H,5-23,34H2,1-4H3;3H,1H2,2H3. The molecular weight excluding hydrogens is 446 g/mol. The maximum absolute atomic E-state index is 7.80. The Morgan fingerprint density at radius 1 is 0.649 bits per heavy atom. The average Bonchev–Trinajstić information content (AvgIpc) is 3.29. The second-order valence-corrected chi connectivity index (χ2v) is 16.5. The highest BCUT2D eigenvalue weighted by atomic mass is 14.9. The molecule has 212 valence electrons. The Hall–Kier alpha value is -0.300. The van der Waals surface area contributed by atoms with Crippen LogP contribution in [-0.4, -0.2) is 5.54 Å². The second kappa shape index (κ2) is 10.3. The molecule has 37 heavy (non-hydrogen) atoms. The molecule has 6 aliphatic rings. The normalized spacial score (nSPS) is 48.9. The molecule has 6 rings (SSSR count). The largest absolute Gasteiger partial charge is 0.325 e. The molecular formula is C36H63N. The SMILES string of the molecule is C=CC.CC1(C)CCCC2(C)C1CCC1(C)C2CCC2(N)C3CCCC3(CCC3CCCCC3)CCC12. The minimum absolute atomic E-state index is 0.139. The first-order valence-electron chi connectivity index (χ1n) is 16.9. The summed E-state index contributed by atoms with van der Waals surface area (Å²) in [6.45, 7) is 16.0. The van der Waals surface area contributed by atoms with Crippen LogP contribution in [0.5, 0.6) is 0 Å². The van der Waals surface area contributed by atoms with Crippen LogP contribution in [-0.2, 0) is 0 Å². The average molecular weight is 510 g/mol. The third kappa shape index (κ3) is 4.52. The van der Waals surface area contributed by atoms with Crippen molar-refractivity contribution in [2.45, 2.75) is 162 Å². The zero-order valence-electron chi connectivity index (χ0n) is 25.7. The Morgan fingerprint density at radius 3 is 2.03 bits per heavy atom. The fraction of sp³-hybridized carbons (Fsp3) is 0.944. The molecule has 8 unspecified atom stereocenters. The molecule has 0 amide bonds. The molecule has 2 N–H and O–H groups in total. The first-order chi connectivity index (χ1) is 17.6. The molecule has 0 bridgehead atoms. The minimum atomic E-state index is 0.139. The molecule has 0 aliphatic heterocycles. The zero-order valence-corrected chi connectivity index (χ0v) is 25.7. The molecule has 0 aromatic carbocycles. The van der Waals surface area contributed by atoms with E-state index < -0.39 is 0 Å². The lowest BCUT2D eigenvalue weighted by Crippen LogP contribution is -2.70. The van der Waals surface area contributed by atoms with Crippen molar-refractivity contribution in [3.05, 3.63) is 12.7 Å². The fourth-order valence-corrected chi connectivity index (χ4v) is 13.1. The molecule has 1 heteroatoms. The molecule has 0 saturated heterocycles. The molecule has 0 radical (unpaired) electrons. The van der Waals surface area contributed by atoms with Gasteiger partial charge in [0.15, 0.2) is 0 Å². The summed E-state index contributed by atoms with van der Waals surface area (Å²) in [5.74, 6) is 4.49. The third-order valence-electron chi connectivity index (χ3n) is 14.4. The van der Waals surface area contributed by atoms with Crippen LogP contribution in [0, 0.1) is 51.2 Å². The summed E-state index contributed by atoms with van der Waals surface area (Å²) in [4.78, 5) is 0. The van der Waals surface area contributed by atoms with Crippen LogP contribution in [0.4, 0.5) is 0 Å². The van der Waals surface area contributed by atoms with Gasteiger partial charge in [-0.3, -0.25) is 0 Å². The van der Waals surface area contributed by atoms with Crippen molar-refractivity contribution in [1.29, 1.82) is 0 Å². The van der Waals surface area contributed by atoms with E-state index in [-0.39, 0.29) is 5.54 Å². The zero-order chi connectivity index (χ0) is 26.5. The Balaban J connectivity index is 0.000000892. The van der Waals surface area contributed by atoms with Crippen LogP contribution in [0.15, 0.2) is 12.7 Å². The van der Waals surface area contributed by atoms with Crippen LogP contribution in [0.1, 0.15) is 157 Å². The number of allylic oxidation sites excluding steroid dienone is 1. The van der Waals surface area contributed by atoms with Crippen molar-refractivity contribution in [3.8, 4) is 0 Å². The Bertz CT molecular complexity index is 807. The van der Waals surface area contributed by atoms with Gasteiger partial charge in [0.1, 0.15) is 0 Å². The van der Waals surface area contributed by atoms with Gasteiger partial charge in [-0.15, -0.1) is 6.58 Å². The molecule has 1 nitrogen and oxygen atoms in total. The van der Waals surface area contributed by atoms with E-state index in [1.165, 1.54) is 122 Å². The van der Waals surface area contributed by atoms with Crippen LogP contribution in [0.2, 0.25) is 0 Å². The lowest BCUT2D eigenvalue weighted by atomic mass is 9.35. The Kier molecular flexibility index (Phi) is 7.84. The smallest absolute Gasteiger partial charge is 0.0222 e. The maximum atomic E-state index is 7.80. The number of rotatable bonds is 3. The van der Waals surface area contributed by atoms with E-state index in [1.807, 2.05) is 6.92 Å². The van der Waals surface area contributed by atoms with Gasteiger partial charge in [-0.25, -0.2) is 0 Å². The molecule has 6 fully saturated rings. The minimum Gasteiger partial charge on any atom is -0.325 e. The first kappa shape index (κ1) is 28.2. The number of fused-ring (bicyclic) bond motifs is 7. The Morgan fingerprint density at radius 2 is 1.30 bits per heavy atom. The van der Waals surface area contributed by atoms with Crippen molar-refractivity contribution in [1.82, 2.24) is 0 Å². The monoisotopic (exact) mass is 509 g/mol. The number of hydrogen-bond acceptors (Lipinski definition) is 1. The predicted molar refractivity (Wildman–Crippen MR) is 160 cm³/mol. The summed E-state index contributed by atoms with van der Waals surface area (Å²) in [7, 11) is 0. The lowest BCUT2D eigenvalue weighted by molar-refractivity contribution is -0.202. The van der Waals surface area contributed by atoms with Gasteiger partial charge in [-0.2, -0.15) is 0 Å². The summed E-state index contributed by atoms with van der Waals surface area (Å²) in [6, 6.07) is 0. The van der Waals surface area contributed by atoms with Gasteiger partial charge in [-0.05, 0) is 135 Å². The van der Waals surface area contributed by atoms with Gasteiger partial charge >= 0.3 is 0 Å². The highest BCUT2D eigenvalue weighted by Gasteiger charge is 2.68. The van der Waals surface area contributed by atoms with E-state index in [0.29, 0.717) is 21.7 Å². The van der Waals surface area contributed by atoms with Crippen molar-refractivity contribution in [3.63, 3.8) is 0 Å². The topological polar surface area (TPSA) is 26.0 Å². The fourth-order valence-electron chi connectivity index (χ4n) is 13.1. The quantitative estimate of drug-likeness (QED) is 0.376. The van der Waals surface area contributed by atoms with Crippen LogP contribution in [0.25, 0.3) is 0 Å². The summed E-state index contributed by atoms with van der Waals surface area (Å²) < 4.78 is 0. The van der Waals surface area contributed by atoms with Gasteiger partial charge in [0.2, 0.25) is 0 Å². The van der Waals surface area contributed by atoms with E-state index in [1.54, 1.807) is 6.08 Å². The summed E-state index contributed by atoms with van der Waals surface area (Å²) in [6.07, 6.45) is 29.8. The lowest BCUT2D eigenvalue weighted by Gasteiger charge is -2.71. The van der Waals surface area contributed by atoms with Gasteiger partial charge < -0.3 is 5.73 Å². The van der Waals surface area contributed by atoms with Crippen molar-refractivity contribution >= 4 is 0 Å². The van der Waals surface area contributed by atoms with Gasteiger partial charge in [0.25, 0.3) is 0 Å². The Labute approximate surface area is 231 Å². The molecule has 0 aromatic rings. The van der Waals surface area contributed by atoms with Gasteiger partial charge in [-0.1, -0.05) is 78.7 Å². The summed E-state index contributed by atoms with van der Waals surface area (Å²) in [5, 5.41) is 0. The highest BCUT2D eigenvalue weighted by molar-refractivity contribution is 5.20. The van der Waals surface area contributed by atoms with E-state index >= 15 is 0 Å². The first-order valence-corrected chi connectivity index (χ1v) is 16.9. The summed E-state index contributed by atoms with van der Waals surface area (Å²) in [5.41, 5.74) is 10.1. The molecule has 8 atom stereocenters. The highest BCUT2D eigenvalue weighted by Crippen LogP contribution is 2.73. The van der Waals surface area contributed by atoms with Crippen LogP contribution < -0.4 is 5.73 Å². The van der Waals surface area contributed by atoms with Crippen molar-refractivity contribution in [2.75, 3.05) is 0 Å². The van der Waals surface area contributed by atoms with Gasteiger partial charge in [0.05, 0.1) is 0 Å². The molecule has 0 aromatic heterocycles. The molecule has 6 saturated carbocycles. The van der Waals surface area contributed by atoms with Crippen molar-refractivity contribution < 1.29 is 0 Å². The van der Waals surface area contributed by atoms with E-state index in [2.05, 4.69) is 34.3 Å². The number of hydrogen-bond donors (Lipinski definition) is 1. The maximum Gasteiger partial charge on any atom is 0.0222 e. The predicted octanol–water partition coefficient (Wildman–Crippen LogP) is 10.5.